The molecule has 0 N–H and O–H groups in total. The molecule has 6 nitrogen and oxygen atoms in total. The number of nitrogens with zero attached hydrogens (tertiary/aromatic N) is 3. The fourth-order valence-electron chi connectivity index (χ4n) is 4.20. The summed E-state index contributed by atoms with van der Waals surface area (Å²) in [7, 11) is 0. The molecule has 2 aromatic carbocycles. The van der Waals surface area contributed by atoms with E-state index < -0.39 is 17.6 Å². The molecule has 2 heterocycles. The molecule has 9 heteroatoms. The summed E-state index contributed by atoms with van der Waals surface area (Å²) in [5.41, 5.74) is 0.314. The first-order chi connectivity index (χ1) is 15.8. The number of hydrogen-bond donors (Lipinski definition) is 0. The van der Waals surface area contributed by atoms with Crippen LogP contribution in [0.25, 0.3) is 0 Å². The number of piperazine rings is 1. The third-order valence-corrected chi connectivity index (χ3v) is 6.00. The number of morpholine rings is 1. The Balaban J connectivity index is 1.38. The molecule has 176 valence electrons. The number of halogens is 3. The average Bonchev–Trinajstić information content (AvgIpc) is 2.83. The SMILES string of the molecule is O=C(c1cccc(CN2CCOCC2)c1)N1CCN(C(=O)c2ccccc2C(F)(F)F)CC1. The lowest BCUT2D eigenvalue weighted by molar-refractivity contribution is -0.138. The zero-order valence-corrected chi connectivity index (χ0v) is 18.2. The first-order valence-corrected chi connectivity index (χ1v) is 11.0. The highest BCUT2D eigenvalue weighted by atomic mass is 19.4. The molecular weight excluding hydrogens is 435 g/mol. The second-order valence-corrected chi connectivity index (χ2v) is 8.22. The van der Waals surface area contributed by atoms with Gasteiger partial charge < -0.3 is 14.5 Å². The van der Waals surface area contributed by atoms with Gasteiger partial charge in [0.1, 0.15) is 0 Å². The van der Waals surface area contributed by atoms with Crippen LogP contribution in [0.1, 0.15) is 31.8 Å². The van der Waals surface area contributed by atoms with E-state index >= 15 is 0 Å². The average molecular weight is 461 g/mol. The summed E-state index contributed by atoms with van der Waals surface area (Å²) >= 11 is 0. The highest BCUT2D eigenvalue weighted by molar-refractivity contribution is 5.97. The van der Waals surface area contributed by atoms with Crippen LogP contribution in [0.2, 0.25) is 0 Å². The Kier molecular flexibility index (Phi) is 6.99. The van der Waals surface area contributed by atoms with E-state index in [-0.39, 0.29) is 37.6 Å². The maximum Gasteiger partial charge on any atom is 0.417 e. The lowest BCUT2D eigenvalue weighted by Crippen LogP contribution is -2.50. The smallest absolute Gasteiger partial charge is 0.379 e. The molecule has 2 aliphatic rings. The van der Waals surface area contributed by atoms with E-state index in [2.05, 4.69) is 4.90 Å². The van der Waals surface area contributed by atoms with E-state index in [4.69, 9.17) is 4.74 Å². The Labute approximate surface area is 190 Å². The second-order valence-electron chi connectivity index (χ2n) is 8.22. The van der Waals surface area contributed by atoms with Crippen LogP contribution < -0.4 is 0 Å². The summed E-state index contributed by atoms with van der Waals surface area (Å²) in [6.07, 6.45) is -4.60. The number of rotatable bonds is 4. The Hall–Kier alpha value is -2.91. The molecule has 4 rings (SSSR count). The molecule has 0 unspecified atom stereocenters. The van der Waals surface area contributed by atoms with Crippen LogP contribution in [-0.2, 0) is 17.5 Å². The molecule has 2 aromatic rings. The van der Waals surface area contributed by atoms with Gasteiger partial charge in [-0.05, 0) is 29.8 Å². The Morgan fingerprint density at radius 1 is 0.818 bits per heavy atom. The van der Waals surface area contributed by atoms with Gasteiger partial charge in [-0.2, -0.15) is 13.2 Å². The molecule has 2 aliphatic heterocycles. The van der Waals surface area contributed by atoms with E-state index in [0.29, 0.717) is 18.8 Å². The molecule has 33 heavy (non-hydrogen) atoms. The lowest BCUT2D eigenvalue weighted by atomic mass is 10.1. The first-order valence-electron chi connectivity index (χ1n) is 11.0. The Bertz CT molecular complexity index is 998. The molecule has 0 aromatic heterocycles. The van der Waals surface area contributed by atoms with Crippen LogP contribution in [0.3, 0.4) is 0 Å². The zero-order chi connectivity index (χ0) is 23.4. The monoisotopic (exact) mass is 461 g/mol. The molecular formula is C24H26F3N3O3. The Morgan fingerprint density at radius 3 is 2.12 bits per heavy atom. The highest BCUT2D eigenvalue weighted by Crippen LogP contribution is 2.32. The minimum atomic E-state index is -4.60. The fraction of sp³-hybridized carbons (Fsp3) is 0.417. The summed E-state index contributed by atoms with van der Waals surface area (Å²) in [5.74, 6) is -0.802. The quantitative estimate of drug-likeness (QED) is 0.702. The number of carbonyl (C=O) groups is 2. The highest BCUT2D eigenvalue weighted by Gasteiger charge is 2.36. The maximum atomic E-state index is 13.3. The van der Waals surface area contributed by atoms with Gasteiger partial charge in [-0.1, -0.05) is 24.3 Å². The van der Waals surface area contributed by atoms with Crippen LogP contribution >= 0.6 is 0 Å². The number of carbonyl (C=O) groups excluding carboxylic acids is 2. The van der Waals surface area contributed by atoms with Gasteiger partial charge in [0.2, 0.25) is 0 Å². The predicted octanol–water partition coefficient (Wildman–Crippen LogP) is 3.14. The summed E-state index contributed by atoms with van der Waals surface area (Å²) in [4.78, 5) is 31.1. The number of alkyl halides is 3. The molecule has 2 saturated heterocycles. The minimum absolute atomic E-state index is 0.137. The van der Waals surface area contributed by atoms with E-state index in [1.54, 1.807) is 11.0 Å². The van der Waals surface area contributed by atoms with E-state index in [1.165, 1.54) is 23.1 Å². The lowest BCUT2D eigenvalue weighted by Gasteiger charge is -2.35. The molecule has 0 aliphatic carbocycles. The standard InChI is InChI=1S/C24H26F3N3O3/c25-24(26,27)21-7-2-1-6-20(21)23(32)30-10-8-29(9-11-30)22(31)19-5-3-4-18(16-19)17-28-12-14-33-15-13-28/h1-7,16H,8-15,17H2. The van der Waals surface area contributed by atoms with Crippen molar-refractivity contribution in [2.75, 3.05) is 52.5 Å². The third kappa shape index (κ3) is 5.54. The van der Waals surface area contributed by atoms with Crippen LogP contribution in [0.4, 0.5) is 13.2 Å². The van der Waals surface area contributed by atoms with Gasteiger partial charge in [-0.15, -0.1) is 0 Å². The summed E-state index contributed by atoms with van der Waals surface area (Å²) in [6.45, 7) is 4.76. The second kappa shape index (κ2) is 9.93. The molecule has 0 atom stereocenters. The summed E-state index contributed by atoms with van der Waals surface area (Å²) in [6, 6.07) is 12.3. The molecule has 0 bridgehead atoms. The summed E-state index contributed by atoms with van der Waals surface area (Å²) in [5, 5.41) is 0. The normalized spacial score (nSPS) is 17.8. The molecule has 0 radical (unpaired) electrons. The Morgan fingerprint density at radius 2 is 1.45 bits per heavy atom. The maximum absolute atomic E-state index is 13.3. The van der Waals surface area contributed by atoms with Crippen molar-refractivity contribution < 1.29 is 27.5 Å². The topological polar surface area (TPSA) is 53.1 Å². The van der Waals surface area contributed by atoms with E-state index in [9.17, 15) is 22.8 Å². The number of amides is 2. The predicted molar refractivity (Wildman–Crippen MR) is 116 cm³/mol. The molecule has 0 spiro atoms. The van der Waals surface area contributed by atoms with Crippen molar-refractivity contribution in [1.82, 2.24) is 14.7 Å². The van der Waals surface area contributed by atoms with E-state index in [1.807, 2.05) is 18.2 Å². The van der Waals surface area contributed by atoms with Gasteiger partial charge >= 0.3 is 6.18 Å². The van der Waals surface area contributed by atoms with Crippen molar-refractivity contribution in [3.05, 3.63) is 70.8 Å². The van der Waals surface area contributed by atoms with Gasteiger partial charge in [0.25, 0.3) is 11.8 Å². The molecule has 0 saturated carbocycles. The van der Waals surface area contributed by atoms with Crippen LogP contribution in [-0.4, -0.2) is 79.0 Å². The van der Waals surface area contributed by atoms with Crippen LogP contribution in [0.15, 0.2) is 48.5 Å². The van der Waals surface area contributed by atoms with Crippen LogP contribution in [0, 0.1) is 0 Å². The zero-order valence-electron chi connectivity index (χ0n) is 18.2. The van der Waals surface area contributed by atoms with Gasteiger partial charge in [0.15, 0.2) is 0 Å². The van der Waals surface area contributed by atoms with Crippen molar-refractivity contribution in [2.45, 2.75) is 12.7 Å². The van der Waals surface area contributed by atoms with Gasteiger partial charge in [-0.3, -0.25) is 14.5 Å². The van der Waals surface area contributed by atoms with Gasteiger partial charge in [0, 0.05) is 51.4 Å². The van der Waals surface area contributed by atoms with Crippen molar-refractivity contribution in [2.24, 2.45) is 0 Å². The van der Waals surface area contributed by atoms with Gasteiger partial charge in [0.05, 0.1) is 24.3 Å². The van der Waals surface area contributed by atoms with Crippen molar-refractivity contribution in [1.29, 1.82) is 0 Å². The minimum Gasteiger partial charge on any atom is -0.379 e. The van der Waals surface area contributed by atoms with Gasteiger partial charge in [-0.25, -0.2) is 0 Å². The van der Waals surface area contributed by atoms with Crippen molar-refractivity contribution in [3.8, 4) is 0 Å². The third-order valence-electron chi connectivity index (χ3n) is 6.00. The van der Waals surface area contributed by atoms with Crippen LogP contribution in [0.5, 0.6) is 0 Å². The number of ether oxygens (including phenoxy) is 1. The van der Waals surface area contributed by atoms with Crippen molar-refractivity contribution >= 4 is 11.8 Å². The first kappa shape index (κ1) is 23.3. The number of hydrogen-bond acceptors (Lipinski definition) is 4. The van der Waals surface area contributed by atoms with E-state index in [0.717, 1.165) is 31.3 Å². The fourth-order valence-corrected chi connectivity index (χ4v) is 4.20. The van der Waals surface area contributed by atoms with Crippen molar-refractivity contribution in [3.63, 3.8) is 0 Å². The largest absolute Gasteiger partial charge is 0.417 e. The number of benzene rings is 2. The summed E-state index contributed by atoms with van der Waals surface area (Å²) < 4.78 is 45.2. The molecule has 2 fully saturated rings. The molecule has 2 amide bonds.